The van der Waals surface area contributed by atoms with Crippen LogP contribution < -0.4 is 22.9 Å². The molecular weight excluding hydrogens is 416 g/mol. The summed E-state index contributed by atoms with van der Waals surface area (Å²) in [6, 6.07) is -2.55. The third-order valence-corrected chi connectivity index (χ3v) is 3.56. The summed E-state index contributed by atoms with van der Waals surface area (Å²) in [4.78, 5) is 39.4. The second-order valence-electron chi connectivity index (χ2n) is 7.03. The van der Waals surface area contributed by atoms with Gasteiger partial charge in [0.2, 0.25) is 0 Å². The molecule has 13 nitrogen and oxygen atoms in total. The molecule has 13 N–H and O–H groups in total. The molecule has 31 heavy (non-hydrogen) atoms. The molecule has 186 valence electrons. The van der Waals surface area contributed by atoms with E-state index >= 15 is 0 Å². The smallest absolute Gasteiger partial charge is 0.323 e. The minimum atomic E-state index is -1.18. The molecule has 0 radical (unpaired) electrons. The Bertz CT molecular complexity index is 516. The number of hydrogen-bond donors (Lipinski definition) is 9. The van der Waals surface area contributed by atoms with Crippen LogP contribution in [0.2, 0.25) is 0 Å². The molecule has 0 bridgehead atoms. The van der Waals surface area contributed by atoms with Gasteiger partial charge < -0.3 is 48.5 Å². The number of rotatable bonds is 9. The average Bonchev–Trinajstić information content (AvgIpc) is 2.66. The molecule has 0 aliphatic carbocycles. The van der Waals surface area contributed by atoms with E-state index in [0.717, 1.165) is 6.42 Å². The van der Waals surface area contributed by atoms with Crippen LogP contribution in [0.5, 0.6) is 0 Å². The van der Waals surface area contributed by atoms with Gasteiger partial charge in [-0.05, 0) is 25.2 Å². The Balaban J connectivity index is -0.000000160. The summed E-state index contributed by atoms with van der Waals surface area (Å²) in [5.41, 5.74) is 20.0. The quantitative estimate of drug-likeness (QED) is 0.195. The highest BCUT2D eigenvalue weighted by Crippen LogP contribution is 2.04. The largest absolute Gasteiger partial charge is 0.480 e. The van der Waals surface area contributed by atoms with Crippen LogP contribution in [0.4, 0.5) is 0 Å². The van der Waals surface area contributed by atoms with Crippen molar-refractivity contribution < 1.29 is 44.7 Å². The molecule has 0 aromatic rings. The number of carboxylic acid groups (broad SMARTS) is 4. The predicted octanol–water partition coefficient (Wildman–Crippen LogP) is -1.30. The van der Waals surface area contributed by atoms with E-state index in [9.17, 15) is 19.2 Å². The second-order valence-corrected chi connectivity index (χ2v) is 7.03. The van der Waals surface area contributed by atoms with E-state index in [4.69, 9.17) is 42.7 Å². The zero-order valence-corrected chi connectivity index (χ0v) is 18.8. The zero-order chi connectivity index (χ0) is 25.9. The fourth-order valence-corrected chi connectivity index (χ4v) is 1.31. The van der Waals surface area contributed by atoms with Gasteiger partial charge in [0.05, 0.1) is 12.6 Å². The summed E-state index contributed by atoms with van der Waals surface area (Å²) >= 11 is 0. The van der Waals surface area contributed by atoms with Crippen molar-refractivity contribution in [3.63, 3.8) is 0 Å². The zero-order valence-electron chi connectivity index (χ0n) is 18.8. The van der Waals surface area contributed by atoms with Gasteiger partial charge in [-0.1, -0.05) is 34.1 Å². The van der Waals surface area contributed by atoms with Crippen LogP contribution in [-0.4, -0.2) is 80.2 Å². The molecule has 0 spiro atoms. The Labute approximate surface area is 182 Å². The first-order valence-electron chi connectivity index (χ1n) is 9.50. The number of nitrogens with two attached hydrogens (primary N) is 4. The van der Waals surface area contributed by atoms with E-state index in [0.29, 0.717) is 12.3 Å². The summed E-state index contributed by atoms with van der Waals surface area (Å²) in [6.07, 6.45) is 0.385. The normalized spacial score (nSPS) is 14.5. The van der Waals surface area contributed by atoms with E-state index in [-0.39, 0.29) is 12.5 Å². The molecule has 0 aromatic carbocycles. The van der Waals surface area contributed by atoms with Gasteiger partial charge in [0.1, 0.15) is 18.1 Å². The van der Waals surface area contributed by atoms with Crippen molar-refractivity contribution >= 4 is 23.9 Å². The Kier molecular flexibility index (Phi) is 24.4. The third kappa shape index (κ3) is 27.7. The lowest BCUT2D eigenvalue weighted by atomic mass is 10.0. The second kappa shape index (κ2) is 20.9. The summed E-state index contributed by atoms with van der Waals surface area (Å²) in [7, 11) is 0. The number of aliphatic hydroxyl groups excluding tert-OH is 1. The number of hydrogen-bond acceptors (Lipinski definition) is 9. The number of carboxylic acids is 4. The van der Waals surface area contributed by atoms with Gasteiger partial charge in [-0.15, -0.1) is 0 Å². The molecule has 0 fully saturated rings. The van der Waals surface area contributed by atoms with Gasteiger partial charge in [-0.25, -0.2) is 0 Å². The van der Waals surface area contributed by atoms with Gasteiger partial charge in [0, 0.05) is 0 Å². The van der Waals surface area contributed by atoms with Gasteiger partial charge in [0.25, 0.3) is 0 Å². The lowest BCUT2D eigenvalue weighted by Gasteiger charge is -2.11. The minimum absolute atomic E-state index is 0.0718. The van der Waals surface area contributed by atoms with Gasteiger partial charge in [-0.3, -0.25) is 19.2 Å². The molecule has 0 heterocycles. The van der Waals surface area contributed by atoms with Gasteiger partial charge in [0.15, 0.2) is 0 Å². The lowest BCUT2D eigenvalue weighted by Crippen LogP contribution is -2.39. The molecule has 0 saturated heterocycles. The fourth-order valence-electron chi connectivity index (χ4n) is 1.31. The van der Waals surface area contributed by atoms with E-state index < -0.39 is 48.1 Å². The van der Waals surface area contributed by atoms with Crippen LogP contribution in [0, 0.1) is 11.8 Å². The number of aliphatic hydroxyl groups is 1. The maximum absolute atomic E-state index is 10.2. The van der Waals surface area contributed by atoms with Crippen molar-refractivity contribution in [1.82, 2.24) is 0 Å². The first-order valence-corrected chi connectivity index (χ1v) is 9.50. The predicted molar refractivity (Wildman–Crippen MR) is 114 cm³/mol. The Morgan fingerprint density at radius 1 is 0.774 bits per heavy atom. The molecule has 0 aliphatic heterocycles. The minimum Gasteiger partial charge on any atom is -0.480 e. The topological polar surface area (TPSA) is 274 Å². The average molecular weight is 457 g/mol. The molecule has 0 saturated carbocycles. The highest BCUT2D eigenvalue weighted by Gasteiger charge is 2.17. The highest BCUT2D eigenvalue weighted by atomic mass is 16.4. The third-order valence-electron chi connectivity index (χ3n) is 3.56. The van der Waals surface area contributed by atoms with Crippen LogP contribution in [0.25, 0.3) is 0 Å². The molecule has 0 rings (SSSR count). The van der Waals surface area contributed by atoms with Crippen LogP contribution in [0.15, 0.2) is 0 Å². The van der Waals surface area contributed by atoms with E-state index in [1.165, 1.54) is 6.92 Å². The van der Waals surface area contributed by atoms with Crippen molar-refractivity contribution in [2.24, 2.45) is 34.8 Å². The van der Waals surface area contributed by atoms with Crippen molar-refractivity contribution in [3.8, 4) is 0 Å². The summed E-state index contributed by atoms with van der Waals surface area (Å²) in [6.45, 7) is 8.70. The van der Waals surface area contributed by atoms with Crippen molar-refractivity contribution in [3.05, 3.63) is 0 Å². The molecule has 0 aromatic heterocycles. The van der Waals surface area contributed by atoms with E-state index in [2.05, 4.69) is 5.73 Å². The number of aliphatic carboxylic acids is 4. The Morgan fingerprint density at radius 2 is 1.13 bits per heavy atom. The van der Waals surface area contributed by atoms with Crippen molar-refractivity contribution in [2.75, 3.05) is 6.54 Å². The van der Waals surface area contributed by atoms with Gasteiger partial charge >= 0.3 is 23.9 Å². The van der Waals surface area contributed by atoms with Crippen LogP contribution in [-0.2, 0) is 19.2 Å². The summed E-state index contributed by atoms with van der Waals surface area (Å²) in [5.74, 6) is -3.54. The van der Waals surface area contributed by atoms with E-state index in [1.54, 1.807) is 0 Å². The highest BCUT2D eigenvalue weighted by molar-refractivity contribution is 5.74. The monoisotopic (exact) mass is 456 g/mol. The number of carbonyl (C=O) groups is 4. The molecule has 0 amide bonds. The van der Waals surface area contributed by atoms with Crippen LogP contribution in [0.3, 0.4) is 0 Å². The first kappa shape index (κ1) is 36.1. The molecule has 0 aliphatic rings. The van der Waals surface area contributed by atoms with Crippen LogP contribution in [0.1, 0.15) is 47.5 Å². The molecule has 5 atom stereocenters. The molecular formula is C18H40N4O9. The van der Waals surface area contributed by atoms with Crippen LogP contribution >= 0.6 is 0 Å². The van der Waals surface area contributed by atoms with E-state index in [1.807, 2.05) is 27.7 Å². The fraction of sp³-hybridized carbons (Fsp3) is 0.778. The Hall–Kier alpha value is -2.32. The molecule has 5 unspecified atom stereocenters. The summed E-state index contributed by atoms with van der Waals surface area (Å²) < 4.78 is 0. The van der Waals surface area contributed by atoms with Crippen molar-refractivity contribution in [1.29, 1.82) is 0 Å². The summed E-state index contributed by atoms with van der Waals surface area (Å²) in [5, 5.41) is 40.8. The molecule has 13 heteroatoms. The maximum Gasteiger partial charge on any atom is 0.323 e. The first-order chi connectivity index (χ1) is 14.0. The SMILES string of the molecule is CC(C)CC(N)C(=O)O.CC(O)C(N)C(=O)O.CCC(C)C(N)C(=O)O.NCC(=O)O. The lowest BCUT2D eigenvalue weighted by molar-refractivity contribution is -0.141. The maximum atomic E-state index is 10.2. The Morgan fingerprint density at radius 3 is 1.19 bits per heavy atom. The standard InChI is InChI=1S/2C6H13NO2.C4H9NO3.C2H5NO2/c1-4(2)3-5(7)6(8)9;1-3-4(2)5(7)6(8)9;1-2(6)3(5)4(7)8;3-1-2(4)5/h2*4-5H,3,7H2,1-2H3,(H,8,9);2-3,6H,5H2,1H3,(H,7,8);1,3H2,(H,4,5). The van der Waals surface area contributed by atoms with Gasteiger partial charge in [-0.2, -0.15) is 0 Å². The van der Waals surface area contributed by atoms with Crippen molar-refractivity contribution in [2.45, 2.75) is 71.7 Å².